The van der Waals surface area contributed by atoms with Gasteiger partial charge in [-0.05, 0) is 38.0 Å². The predicted octanol–water partition coefficient (Wildman–Crippen LogP) is 2.94. The number of halogens is 3. The highest BCUT2D eigenvalue weighted by Gasteiger charge is 2.28. The summed E-state index contributed by atoms with van der Waals surface area (Å²) in [6, 6.07) is 3.31. The Labute approximate surface area is 169 Å². The van der Waals surface area contributed by atoms with Gasteiger partial charge in [0.25, 0.3) is 5.91 Å². The number of nitrogens with one attached hydrogen (secondary N) is 2. The normalized spacial score (nSPS) is 13.5. The molecule has 0 aliphatic heterocycles. The van der Waals surface area contributed by atoms with Crippen LogP contribution in [-0.4, -0.2) is 33.1 Å². The number of carbonyl (C=O) groups is 2. The molecule has 0 saturated heterocycles. The maximum Gasteiger partial charge on any atom is 0.252 e. The zero-order valence-electron chi connectivity index (χ0n) is 16.2. The minimum absolute atomic E-state index is 0.302. The van der Waals surface area contributed by atoms with Gasteiger partial charge in [0.1, 0.15) is 0 Å². The van der Waals surface area contributed by atoms with Crippen molar-refractivity contribution < 1.29 is 22.8 Å². The zero-order valence-corrected chi connectivity index (χ0v) is 16.2. The van der Waals surface area contributed by atoms with E-state index in [0.29, 0.717) is 34.3 Å². The van der Waals surface area contributed by atoms with Crippen LogP contribution < -0.4 is 10.6 Å². The number of aromatic nitrogens is 3. The van der Waals surface area contributed by atoms with Crippen LogP contribution in [0.15, 0.2) is 18.2 Å². The van der Waals surface area contributed by atoms with Crippen LogP contribution >= 0.6 is 0 Å². The van der Waals surface area contributed by atoms with E-state index in [4.69, 9.17) is 0 Å². The standard InChI is InChI=1S/C20H18F3N5O2/c1-9-16-11(7-14(10-3-4-10)26-19(16)28(2)27-9)20(30)24-8-15(29)25-13-6-5-12(21)17(22)18(13)23/h5-7,10H,3-4,8H2,1-2H3,(H,24,30)(H,25,29). The van der Waals surface area contributed by atoms with Crippen molar-refractivity contribution >= 4 is 28.5 Å². The summed E-state index contributed by atoms with van der Waals surface area (Å²) in [6.45, 7) is 1.27. The molecule has 0 spiro atoms. The average Bonchev–Trinajstić information content (AvgIpc) is 3.52. The number of amides is 2. The first kappa shape index (κ1) is 19.9. The molecular weight excluding hydrogens is 399 g/mol. The van der Waals surface area contributed by atoms with E-state index in [1.165, 1.54) is 0 Å². The Kier molecular flexibility index (Phi) is 4.92. The SMILES string of the molecule is Cc1nn(C)c2nc(C3CC3)cc(C(=O)NCC(=O)Nc3ccc(F)c(F)c3F)c12. The van der Waals surface area contributed by atoms with Crippen molar-refractivity contribution in [1.82, 2.24) is 20.1 Å². The van der Waals surface area contributed by atoms with Crippen LogP contribution in [0.2, 0.25) is 0 Å². The van der Waals surface area contributed by atoms with Gasteiger partial charge in [-0.1, -0.05) is 0 Å². The van der Waals surface area contributed by atoms with E-state index in [1.54, 1.807) is 24.7 Å². The largest absolute Gasteiger partial charge is 0.343 e. The number of aryl methyl sites for hydroxylation is 2. The molecule has 2 heterocycles. The molecule has 1 fully saturated rings. The molecule has 1 aliphatic carbocycles. The highest BCUT2D eigenvalue weighted by Crippen LogP contribution is 2.40. The summed E-state index contributed by atoms with van der Waals surface area (Å²) >= 11 is 0. The Morgan fingerprint density at radius 2 is 1.93 bits per heavy atom. The number of pyridine rings is 1. The monoisotopic (exact) mass is 417 g/mol. The van der Waals surface area contributed by atoms with Gasteiger partial charge >= 0.3 is 0 Å². The maximum atomic E-state index is 13.7. The highest BCUT2D eigenvalue weighted by atomic mass is 19.2. The molecule has 2 N–H and O–H groups in total. The third kappa shape index (κ3) is 3.60. The zero-order chi connectivity index (χ0) is 21.6. The van der Waals surface area contributed by atoms with Gasteiger partial charge in [-0.3, -0.25) is 14.3 Å². The quantitative estimate of drug-likeness (QED) is 0.625. The molecule has 1 saturated carbocycles. The number of nitrogens with zero attached hydrogens (tertiary/aromatic N) is 3. The molecule has 156 valence electrons. The molecule has 10 heteroatoms. The molecule has 0 unspecified atom stereocenters. The summed E-state index contributed by atoms with van der Waals surface area (Å²) < 4.78 is 41.6. The van der Waals surface area contributed by atoms with Crippen molar-refractivity contribution in [2.24, 2.45) is 7.05 Å². The Hall–Kier alpha value is -3.43. The second-order valence-corrected chi connectivity index (χ2v) is 7.23. The van der Waals surface area contributed by atoms with E-state index in [-0.39, 0.29) is 0 Å². The topological polar surface area (TPSA) is 88.9 Å². The molecule has 0 bridgehead atoms. The highest BCUT2D eigenvalue weighted by molar-refractivity contribution is 6.08. The second kappa shape index (κ2) is 7.43. The van der Waals surface area contributed by atoms with Gasteiger partial charge in [-0.15, -0.1) is 0 Å². The number of carbonyl (C=O) groups excluding carboxylic acids is 2. The number of rotatable bonds is 5. The average molecular weight is 417 g/mol. The predicted molar refractivity (Wildman–Crippen MR) is 102 cm³/mol. The fraction of sp³-hybridized carbons (Fsp3) is 0.300. The van der Waals surface area contributed by atoms with E-state index in [9.17, 15) is 22.8 Å². The van der Waals surface area contributed by atoms with Crippen LogP contribution in [0.4, 0.5) is 18.9 Å². The summed E-state index contributed by atoms with van der Waals surface area (Å²) in [5.74, 6) is -5.55. The summed E-state index contributed by atoms with van der Waals surface area (Å²) in [4.78, 5) is 29.5. The van der Waals surface area contributed by atoms with Gasteiger partial charge in [0.15, 0.2) is 23.1 Å². The van der Waals surface area contributed by atoms with Crippen LogP contribution in [0.3, 0.4) is 0 Å². The fourth-order valence-corrected chi connectivity index (χ4v) is 3.30. The fourth-order valence-electron chi connectivity index (χ4n) is 3.30. The third-order valence-electron chi connectivity index (χ3n) is 4.95. The molecule has 2 amide bonds. The lowest BCUT2D eigenvalue weighted by molar-refractivity contribution is -0.115. The summed E-state index contributed by atoms with van der Waals surface area (Å²) in [6.07, 6.45) is 2.00. The van der Waals surface area contributed by atoms with Crippen molar-refractivity contribution in [2.75, 3.05) is 11.9 Å². The lowest BCUT2D eigenvalue weighted by Gasteiger charge is -2.10. The van der Waals surface area contributed by atoms with Gasteiger partial charge in [0.2, 0.25) is 5.91 Å². The first-order valence-electron chi connectivity index (χ1n) is 9.32. The molecule has 3 aromatic rings. The number of fused-ring (bicyclic) bond motifs is 1. The van der Waals surface area contributed by atoms with Gasteiger partial charge in [-0.2, -0.15) is 5.10 Å². The summed E-state index contributed by atoms with van der Waals surface area (Å²) in [5, 5.41) is 9.49. The van der Waals surface area contributed by atoms with Crippen LogP contribution in [0.25, 0.3) is 11.0 Å². The molecule has 30 heavy (non-hydrogen) atoms. The molecule has 1 aliphatic rings. The van der Waals surface area contributed by atoms with E-state index >= 15 is 0 Å². The van der Waals surface area contributed by atoms with Crippen LogP contribution in [0.5, 0.6) is 0 Å². The lowest BCUT2D eigenvalue weighted by atomic mass is 10.1. The van der Waals surface area contributed by atoms with E-state index in [2.05, 4.69) is 20.7 Å². The summed E-state index contributed by atoms with van der Waals surface area (Å²) in [7, 11) is 1.74. The molecule has 0 radical (unpaired) electrons. The van der Waals surface area contributed by atoms with Gasteiger partial charge in [0, 0.05) is 18.7 Å². The number of benzene rings is 1. The van der Waals surface area contributed by atoms with Crippen molar-refractivity contribution in [3.05, 3.63) is 52.6 Å². The van der Waals surface area contributed by atoms with Crippen molar-refractivity contribution in [3.63, 3.8) is 0 Å². The molecule has 0 atom stereocenters. The van der Waals surface area contributed by atoms with Crippen molar-refractivity contribution in [3.8, 4) is 0 Å². The third-order valence-corrected chi connectivity index (χ3v) is 4.95. The molecule has 1 aromatic carbocycles. The minimum atomic E-state index is -1.68. The van der Waals surface area contributed by atoms with Crippen molar-refractivity contribution in [1.29, 1.82) is 0 Å². The molecule has 2 aromatic heterocycles. The second-order valence-electron chi connectivity index (χ2n) is 7.23. The molecular formula is C20H18F3N5O2. The maximum absolute atomic E-state index is 13.7. The van der Waals surface area contributed by atoms with Crippen molar-refractivity contribution in [2.45, 2.75) is 25.7 Å². The smallest absolute Gasteiger partial charge is 0.252 e. The Bertz CT molecular complexity index is 1190. The van der Waals surface area contributed by atoms with Crippen LogP contribution in [-0.2, 0) is 11.8 Å². The van der Waals surface area contributed by atoms with Crippen LogP contribution in [0, 0.1) is 24.4 Å². The minimum Gasteiger partial charge on any atom is -0.343 e. The molecule has 7 nitrogen and oxygen atoms in total. The Balaban J connectivity index is 1.52. The lowest BCUT2D eigenvalue weighted by Crippen LogP contribution is -2.33. The number of hydrogen-bond donors (Lipinski definition) is 2. The number of hydrogen-bond acceptors (Lipinski definition) is 4. The van der Waals surface area contributed by atoms with E-state index < -0.39 is 41.5 Å². The molecule has 4 rings (SSSR count). The first-order valence-corrected chi connectivity index (χ1v) is 9.32. The number of anilines is 1. The Morgan fingerprint density at radius 3 is 2.63 bits per heavy atom. The van der Waals surface area contributed by atoms with Gasteiger partial charge < -0.3 is 10.6 Å². The van der Waals surface area contributed by atoms with Crippen LogP contribution in [0.1, 0.15) is 40.5 Å². The summed E-state index contributed by atoms with van der Waals surface area (Å²) in [5.41, 5.74) is 1.83. The van der Waals surface area contributed by atoms with E-state index in [1.807, 2.05) is 0 Å². The first-order chi connectivity index (χ1) is 14.3. The Morgan fingerprint density at radius 1 is 1.20 bits per heavy atom. The van der Waals surface area contributed by atoms with E-state index in [0.717, 1.165) is 24.6 Å². The van der Waals surface area contributed by atoms with Gasteiger partial charge in [-0.25, -0.2) is 18.2 Å². The van der Waals surface area contributed by atoms with Gasteiger partial charge in [0.05, 0.1) is 28.9 Å².